The zero-order chi connectivity index (χ0) is 23.3. The smallest absolute Gasteiger partial charge is 0.317 e. The second kappa shape index (κ2) is 10.8. The zero-order valence-electron chi connectivity index (χ0n) is 18.7. The molecule has 0 saturated carbocycles. The van der Waals surface area contributed by atoms with Crippen molar-refractivity contribution in [3.05, 3.63) is 59.6 Å². The van der Waals surface area contributed by atoms with Crippen LogP contribution in [0.3, 0.4) is 0 Å². The quantitative estimate of drug-likeness (QED) is 0.673. The highest BCUT2D eigenvalue weighted by molar-refractivity contribution is 7.92. The van der Waals surface area contributed by atoms with Gasteiger partial charge in [0.15, 0.2) is 9.84 Å². The monoisotopic (exact) mass is 490 g/mol. The summed E-state index contributed by atoms with van der Waals surface area (Å²) in [7, 11) is -3.54. The number of likely N-dealkylation sites (tertiary alicyclic amines) is 1. The minimum absolute atomic E-state index is 0.191. The third kappa shape index (κ3) is 5.99. The van der Waals surface area contributed by atoms with E-state index in [1.807, 2.05) is 6.07 Å². The van der Waals surface area contributed by atoms with Crippen molar-refractivity contribution in [2.75, 3.05) is 57.3 Å². The molecule has 178 valence electrons. The van der Waals surface area contributed by atoms with Gasteiger partial charge in [-0.3, -0.25) is 4.90 Å². The van der Waals surface area contributed by atoms with E-state index in [0.717, 1.165) is 32.7 Å². The first-order valence-corrected chi connectivity index (χ1v) is 13.4. The maximum Gasteiger partial charge on any atom is 0.317 e. The maximum absolute atomic E-state index is 13.0. The Morgan fingerprint density at radius 1 is 1.00 bits per heavy atom. The molecule has 0 radical (unpaired) electrons. The predicted octanol–water partition coefficient (Wildman–Crippen LogP) is 3.11. The fraction of sp³-hybridized carbons (Fsp3) is 0.458. The summed E-state index contributed by atoms with van der Waals surface area (Å²) in [5, 5.41) is 2.76. The van der Waals surface area contributed by atoms with Crippen LogP contribution in [-0.4, -0.2) is 81.9 Å². The van der Waals surface area contributed by atoms with Crippen molar-refractivity contribution in [1.82, 2.24) is 15.1 Å². The lowest BCUT2D eigenvalue weighted by molar-refractivity contribution is 0.184. The van der Waals surface area contributed by atoms with Crippen LogP contribution in [-0.2, 0) is 9.84 Å². The number of piperazine rings is 1. The Balaban J connectivity index is 1.23. The Morgan fingerprint density at radius 2 is 1.76 bits per heavy atom. The van der Waals surface area contributed by atoms with Crippen LogP contribution in [0.5, 0.6) is 0 Å². The van der Waals surface area contributed by atoms with E-state index < -0.39 is 15.1 Å². The molecule has 2 saturated heterocycles. The lowest BCUT2D eigenvalue weighted by atomic mass is 10.1. The van der Waals surface area contributed by atoms with Gasteiger partial charge in [0.1, 0.15) is 0 Å². The summed E-state index contributed by atoms with van der Waals surface area (Å²) in [6.07, 6.45) is 1.21. The fourth-order valence-corrected chi connectivity index (χ4v) is 6.57. The predicted molar refractivity (Wildman–Crippen MR) is 132 cm³/mol. The van der Waals surface area contributed by atoms with E-state index in [4.69, 9.17) is 11.6 Å². The highest BCUT2D eigenvalue weighted by Gasteiger charge is 2.34. The zero-order valence-corrected chi connectivity index (χ0v) is 20.3. The van der Waals surface area contributed by atoms with Gasteiger partial charge in [-0.1, -0.05) is 35.9 Å². The number of anilines is 1. The fourth-order valence-electron chi connectivity index (χ4n) is 4.51. The molecule has 9 heteroatoms. The van der Waals surface area contributed by atoms with E-state index in [1.54, 1.807) is 23.1 Å². The van der Waals surface area contributed by atoms with Gasteiger partial charge < -0.3 is 15.1 Å². The number of nitrogens with one attached hydrogen (secondary N) is 1. The van der Waals surface area contributed by atoms with Crippen molar-refractivity contribution in [2.24, 2.45) is 0 Å². The van der Waals surface area contributed by atoms with Crippen LogP contribution >= 0.6 is 11.6 Å². The molecule has 33 heavy (non-hydrogen) atoms. The number of nitrogens with zero attached hydrogens (tertiary/aromatic N) is 3. The summed E-state index contributed by atoms with van der Waals surface area (Å²) in [5.74, 6) is 0. The van der Waals surface area contributed by atoms with Crippen molar-refractivity contribution < 1.29 is 13.2 Å². The van der Waals surface area contributed by atoms with Gasteiger partial charge in [-0.15, -0.1) is 0 Å². The molecule has 2 aromatic rings. The molecular formula is C24H31ClN4O3S. The van der Waals surface area contributed by atoms with E-state index in [1.165, 1.54) is 11.8 Å². The highest BCUT2D eigenvalue weighted by Crippen LogP contribution is 2.25. The van der Waals surface area contributed by atoms with Crippen LogP contribution in [0.4, 0.5) is 10.5 Å². The molecule has 2 aromatic carbocycles. The molecule has 7 nitrogen and oxygen atoms in total. The van der Waals surface area contributed by atoms with Crippen molar-refractivity contribution >= 4 is 33.2 Å². The molecule has 1 atom stereocenters. The van der Waals surface area contributed by atoms with Crippen LogP contribution < -0.4 is 10.2 Å². The molecule has 2 heterocycles. The molecular weight excluding hydrogens is 460 g/mol. The number of para-hydroxylation sites is 1. The van der Waals surface area contributed by atoms with Gasteiger partial charge in [-0.2, -0.15) is 0 Å². The summed E-state index contributed by atoms with van der Waals surface area (Å²) in [4.78, 5) is 19.3. The lowest BCUT2D eigenvalue weighted by Crippen LogP contribution is -2.51. The Morgan fingerprint density at radius 3 is 2.48 bits per heavy atom. The van der Waals surface area contributed by atoms with Crippen LogP contribution in [0, 0.1) is 0 Å². The van der Waals surface area contributed by atoms with E-state index in [2.05, 4.69) is 39.4 Å². The standard InChI is InChI=1S/C24H31ClN4O3S/c25-20-6-4-9-22(18-20)33(31,32)23-10-5-12-29(19-23)24(30)26-11-13-27-14-16-28(17-15-27)21-7-2-1-3-8-21/h1-4,6-9,18,23H,5,10-17,19H2,(H,26,30). The van der Waals surface area contributed by atoms with Gasteiger partial charge in [-0.05, 0) is 43.2 Å². The molecule has 2 fully saturated rings. The topological polar surface area (TPSA) is 73.0 Å². The molecule has 1 unspecified atom stereocenters. The first-order valence-electron chi connectivity index (χ1n) is 11.5. The van der Waals surface area contributed by atoms with Crippen molar-refractivity contribution in [3.63, 3.8) is 0 Å². The number of piperidine rings is 1. The van der Waals surface area contributed by atoms with Crippen molar-refractivity contribution in [3.8, 4) is 0 Å². The van der Waals surface area contributed by atoms with E-state index >= 15 is 0 Å². The molecule has 0 bridgehead atoms. The molecule has 2 amide bonds. The number of urea groups is 1. The molecule has 2 aliphatic heterocycles. The molecule has 0 aromatic heterocycles. The SMILES string of the molecule is O=C(NCCN1CCN(c2ccccc2)CC1)N1CCCC(S(=O)(=O)c2cccc(Cl)c2)C1. The Labute approximate surface area is 201 Å². The number of rotatable bonds is 6. The van der Waals surface area contributed by atoms with Crippen LogP contribution in [0.25, 0.3) is 0 Å². The van der Waals surface area contributed by atoms with Crippen molar-refractivity contribution in [1.29, 1.82) is 0 Å². The summed E-state index contributed by atoms with van der Waals surface area (Å²) in [6.45, 7) is 5.95. The van der Waals surface area contributed by atoms with Gasteiger partial charge in [0.05, 0.1) is 10.1 Å². The minimum atomic E-state index is -3.54. The molecule has 1 N–H and O–H groups in total. The van der Waals surface area contributed by atoms with Crippen LogP contribution in [0.15, 0.2) is 59.5 Å². The normalized spacial score (nSPS) is 20.0. The number of carbonyl (C=O) groups excluding carboxylic acids is 1. The van der Waals surface area contributed by atoms with Gasteiger partial charge in [-0.25, -0.2) is 13.2 Å². The first kappa shape index (κ1) is 23.9. The summed E-state index contributed by atoms with van der Waals surface area (Å²) in [6, 6.07) is 16.6. The van der Waals surface area contributed by atoms with Gasteiger partial charge >= 0.3 is 6.03 Å². The largest absolute Gasteiger partial charge is 0.369 e. The number of halogens is 1. The van der Waals surface area contributed by atoms with Gasteiger partial charge in [0, 0.05) is 63.1 Å². The first-order chi connectivity index (χ1) is 15.9. The van der Waals surface area contributed by atoms with E-state index in [0.29, 0.717) is 31.0 Å². The van der Waals surface area contributed by atoms with Crippen molar-refractivity contribution in [2.45, 2.75) is 23.0 Å². The number of benzene rings is 2. The second-order valence-corrected chi connectivity index (χ2v) is 11.3. The third-order valence-corrected chi connectivity index (χ3v) is 8.84. The Hall–Kier alpha value is -2.29. The molecule has 0 aliphatic carbocycles. The number of hydrogen-bond acceptors (Lipinski definition) is 5. The van der Waals surface area contributed by atoms with Crippen LogP contribution in [0.2, 0.25) is 5.02 Å². The summed E-state index contributed by atoms with van der Waals surface area (Å²) in [5.41, 5.74) is 1.25. The average Bonchev–Trinajstić information content (AvgIpc) is 2.85. The number of hydrogen-bond donors (Lipinski definition) is 1. The van der Waals surface area contributed by atoms with Gasteiger partial charge in [0.25, 0.3) is 0 Å². The van der Waals surface area contributed by atoms with E-state index in [9.17, 15) is 13.2 Å². The second-order valence-electron chi connectivity index (χ2n) is 8.61. The number of amides is 2. The lowest BCUT2D eigenvalue weighted by Gasteiger charge is -2.36. The summed E-state index contributed by atoms with van der Waals surface area (Å²) < 4.78 is 26.1. The molecule has 4 rings (SSSR count). The minimum Gasteiger partial charge on any atom is -0.369 e. The maximum atomic E-state index is 13.0. The summed E-state index contributed by atoms with van der Waals surface area (Å²) >= 11 is 5.98. The number of carbonyl (C=O) groups is 1. The Bertz CT molecular complexity index is 1040. The van der Waals surface area contributed by atoms with E-state index in [-0.39, 0.29) is 17.5 Å². The van der Waals surface area contributed by atoms with Crippen LogP contribution in [0.1, 0.15) is 12.8 Å². The molecule has 0 spiro atoms. The average molecular weight is 491 g/mol. The Kier molecular flexibility index (Phi) is 7.78. The number of sulfone groups is 1. The molecule has 2 aliphatic rings. The van der Waals surface area contributed by atoms with Gasteiger partial charge in [0.2, 0.25) is 0 Å². The third-order valence-electron chi connectivity index (χ3n) is 6.43. The highest BCUT2D eigenvalue weighted by atomic mass is 35.5.